The van der Waals surface area contributed by atoms with Gasteiger partial charge in [0.25, 0.3) is 0 Å². The van der Waals surface area contributed by atoms with Crippen molar-refractivity contribution in [2.75, 3.05) is 0 Å². The van der Waals surface area contributed by atoms with Crippen LogP contribution in [0.5, 0.6) is 0 Å². The predicted molar refractivity (Wildman–Crippen MR) is 78.2 cm³/mol. The van der Waals surface area contributed by atoms with Crippen molar-refractivity contribution in [1.29, 1.82) is 0 Å². The molecule has 1 unspecified atom stereocenters. The Bertz CT molecular complexity index is 581. The second-order valence-electron chi connectivity index (χ2n) is 5.86. The number of hydrogen-bond acceptors (Lipinski definition) is 2. The zero-order valence-corrected chi connectivity index (χ0v) is 12.5. The molecular formula is C16H19FOS. The summed E-state index contributed by atoms with van der Waals surface area (Å²) in [5.41, 5.74) is 1.61. The average Bonchev–Trinajstić information content (AvgIpc) is 2.80. The van der Waals surface area contributed by atoms with E-state index in [1.807, 2.05) is 19.1 Å². The molecule has 1 nitrogen and oxygen atoms in total. The molecule has 0 spiro atoms. The number of aryl methyl sites for hydroxylation is 1. The summed E-state index contributed by atoms with van der Waals surface area (Å²) >= 11 is 1.58. The number of thiophene rings is 1. The molecular weight excluding hydrogens is 259 g/mol. The Kier molecular flexibility index (Phi) is 3.79. The van der Waals surface area contributed by atoms with E-state index < -0.39 is 6.10 Å². The fourth-order valence-corrected chi connectivity index (χ4v) is 3.03. The fraction of sp³-hybridized carbons (Fsp3) is 0.375. The zero-order chi connectivity index (χ0) is 14.2. The maximum atomic E-state index is 13.3. The van der Waals surface area contributed by atoms with Gasteiger partial charge in [0.2, 0.25) is 0 Å². The van der Waals surface area contributed by atoms with Crippen molar-refractivity contribution in [1.82, 2.24) is 0 Å². The average molecular weight is 278 g/mol. The molecule has 3 heteroatoms. The molecule has 1 aromatic heterocycles. The number of aliphatic hydroxyl groups is 1. The lowest BCUT2D eigenvalue weighted by Crippen LogP contribution is -2.08. The van der Waals surface area contributed by atoms with Crippen LogP contribution in [0.1, 0.15) is 47.8 Å². The molecule has 1 heterocycles. The highest BCUT2D eigenvalue weighted by Crippen LogP contribution is 2.35. The van der Waals surface area contributed by atoms with Crippen LogP contribution in [0.4, 0.5) is 4.39 Å². The second-order valence-corrected chi connectivity index (χ2v) is 6.97. The molecule has 2 aromatic rings. The largest absolute Gasteiger partial charge is 0.383 e. The monoisotopic (exact) mass is 278 g/mol. The van der Waals surface area contributed by atoms with Crippen LogP contribution in [0.25, 0.3) is 0 Å². The highest BCUT2D eigenvalue weighted by Gasteiger charge is 2.20. The van der Waals surface area contributed by atoms with E-state index in [1.165, 1.54) is 17.0 Å². The Morgan fingerprint density at radius 2 is 1.84 bits per heavy atom. The minimum atomic E-state index is -0.753. The molecule has 1 aromatic carbocycles. The molecule has 0 saturated heterocycles. The third kappa shape index (κ3) is 3.04. The highest BCUT2D eigenvalue weighted by molar-refractivity contribution is 7.12. The summed E-state index contributed by atoms with van der Waals surface area (Å²) in [7, 11) is 0. The van der Waals surface area contributed by atoms with Gasteiger partial charge in [-0.2, -0.15) is 0 Å². The molecule has 1 atom stereocenters. The van der Waals surface area contributed by atoms with E-state index in [0.29, 0.717) is 5.56 Å². The van der Waals surface area contributed by atoms with Crippen molar-refractivity contribution in [2.45, 2.75) is 39.2 Å². The molecule has 0 radical (unpaired) electrons. The zero-order valence-electron chi connectivity index (χ0n) is 11.7. The van der Waals surface area contributed by atoms with Crippen molar-refractivity contribution in [3.05, 3.63) is 57.0 Å². The van der Waals surface area contributed by atoms with Gasteiger partial charge in [0.15, 0.2) is 0 Å². The van der Waals surface area contributed by atoms with Crippen molar-refractivity contribution in [3.8, 4) is 0 Å². The Morgan fingerprint density at radius 3 is 2.42 bits per heavy atom. The van der Waals surface area contributed by atoms with Gasteiger partial charge in [-0.15, -0.1) is 11.3 Å². The van der Waals surface area contributed by atoms with E-state index in [1.54, 1.807) is 17.4 Å². The topological polar surface area (TPSA) is 20.2 Å². The van der Waals surface area contributed by atoms with Gasteiger partial charge in [0.05, 0.1) is 0 Å². The van der Waals surface area contributed by atoms with Crippen LogP contribution in [-0.4, -0.2) is 5.11 Å². The lowest BCUT2D eigenvalue weighted by Gasteiger charge is -2.16. The molecule has 19 heavy (non-hydrogen) atoms. The summed E-state index contributed by atoms with van der Waals surface area (Å²) in [5, 5.41) is 10.4. The first-order valence-electron chi connectivity index (χ1n) is 6.33. The third-order valence-electron chi connectivity index (χ3n) is 3.17. The molecule has 0 aliphatic carbocycles. The Hall–Kier alpha value is -1.19. The molecule has 0 saturated carbocycles. The number of hydrogen-bond donors (Lipinski definition) is 1. The van der Waals surface area contributed by atoms with Crippen molar-refractivity contribution >= 4 is 11.3 Å². The van der Waals surface area contributed by atoms with E-state index >= 15 is 0 Å². The van der Waals surface area contributed by atoms with E-state index in [9.17, 15) is 9.50 Å². The van der Waals surface area contributed by atoms with Crippen molar-refractivity contribution < 1.29 is 9.50 Å². The maximum absolute atomic E-state index is 13.3. The van der Waals surface area contributed by atoms with Gasteiger partial charge in [-0.25, -0.2) is 4.39 Å². The molecule has 102 valence electrons. The molecule has 0 fully saturated rings. The normalized spacial score (nSPS) is 13.6. The quantitative estimate of drug-likeness (QED) is 0.853. The molecule has 2 rings (SSSR count). The number of aliphatic hydroxyl groups excluding tert-OH is 1. The van der Waals surface area contributed by atoms with E-state index in [0.717, 1.165) is 10.4 Å². The SMILES string of the molecule is Cc1ccc(F)cc1C(O)c1ccc(C(C)(C)C)s1. The summed E-state index contributed by atoms with van der Waals surface area (Å²) in [5.74, 6) is -0.313. The standard InChI is InChI=1S/C16H19FOS/c1-10-5-6-11(17)9-12(10)15(18)13-7-8-14(19-13)16(2,3)4/h5-9,15,18H,1-4H3. The van der Waals surface area contributed by atoms with E-state index in [2.05, 4.69) is 20.8 Å². The van der Waals surface area contributed by atoms with Gasteiger partial charge in [0, 0.05) is 9.75 Å². The van der Waals surface area contributed by atoms with Gasteiger partial charge in [0.1, 0.15) is 11.9 Å². The van der Waals surface area contributed by atoms with E-state index in [4.69, 9.17) is 0 Å². The molecule has 0 amide bonds. The molecule has 0 aliphatic rings. The Morgan fingerprint density at radius 1 is 1.16 bits per heavy atom. The van der Waals surface area contributed by atoms with Crippen LogP contribution < -0.4 is 0 Å². The fourth-order valence-electron chi connectivity index (χ4n) is 1.96. The number of halogens is 1. The first-order valence-corrected chi connectivity index (χ1v) is 7.15. The van der Waals surface area contributed by atoms with Gasteiger partial charge in [-0.05, 0) is 47.7 Å². The summed E-state index contributed by atoms with van der Waals surface area (Å²) < 4.78 is 13.3. The predicted octanol–water partition coefficient (Wildman–Crippen LogP) is 4.57. The van der Waals surface area contributed by atoms with Crippen LogP contribution in [0, 0.1) is 12.7 Å². The number of rotatable bonds is 2. The van der Waals surface area contributed by atoms with Gasteiger partial charge >= 0.3 is 0 Å². The first-order chi connectivity index (χ1) is 8.79. The summed E-state index contributed by atoms with van der Waals surface area (Å²) in [6.07, 6.45) is -0.753. The second kappa shape index (κ2) is 5.06. The number of benzene rings is 1. The molecule has 1 N–H and O–H groups in total. The van der Waals surface area contributed by atoms with Gasteiger partial charge in [-0.1, -0.05) is 26.8 Å². The summed E-state index contributed by atoms with van der Waals surface area (Å²) in [6.45, 7) is 8.31. The summed E-state index contributed by atoms with van der Waals surface area (Å²) in [6, 6.07) is 8.50. The Labute approximate surface area is 117 Å². The lowest BCUT2D eigenvalue weighted by molar-refractivity contribution is 0.223. The Balaban J connectivity index is 2.36. The van der Waals surface area contributed by atoms with E-state index in [-0.39, 0.29) is 11.2 Å². The molecule has 0 aliphatic heterocycles. The minimum Gasteiger partial charge on any atom is -0.383 e. The van der Waals surface area contributed by atoms with Crippen LogP contribution in [0.3, 0.4) is 0 Å². The summed E-state index contributed by atoms with van der Waals surface area (Å²) in [4.78, 5) is 2.08. The van der Waals surface area contributed by atoms with Gasteiger partial charge < -0.3 is 5.11 Å². The third-order valence-corrected chi connectivity index (χ3v) is 4.73. The van der Waals surface area contributed by atoms with Gasteiger partial charge in [-0.3, -0.25) is 0 Å². The van der Waals surface area contributed by atoms with Crippen molar-refractivity contribution in [3.63, 3.8) is 0 Å². The van der Waals surface area contributed by atoms with Crippen LogP contribution in [0.15, 0.2) is 30.3 Å². The van der Waals surface area contributed by atoms with Crippen LogP contribution in [-0.2, 0) is 5.41 Å². The smallest absolute Gasteiger partial charge is 0.123 e. The molecule has 0 bridgehead atoms. The highest BCUT2D eigenvalue weighted by atomic mass is 32.1. The first kappa shape index (κ1) is 14.2. The maximum Gasteiger partial charge on any atom is 0.123 e. The lowest BCUT2D eigenvalue weighted by atomic mass is 9.95. The van der Waals surface area contributed by atoms with Crippen molar-refractivity contribution in [2.24, 2.45) is 0 Å². The van der Waals surface area contributed by atoms with Crippen LogP contribution in [0.2, 0.25) is 0 Å². The van der Waals surface area contributed by atoms with Crippen LogP contribution >= 0.6 is 11.3 Å². The minimum absolute atomic E-state index is 0.0691.